The first-order chi connectivity index (χ1) is 55.4. The zero-order valence-corrected chi connectivity index (χ0v) is 68.9. The Morgan fingerprint density at radius 3 is 1.27 bits per heavy atom. The fraction of sp³-hybridized carbons (Fsp3) is 0.542. The number of thiazole rings is 2. The van der Waals surface area contributed by atoms with Gasteiger partial charge in [0.1, 0.15) is 94.0 Å². The maximum absolute atomic E-state index is 14.7. The van der Waals surface area contributed by atoms with Gasteiger partial charge in [0.15, 0.2) is 23.5 Å². The normalized spacial score (nSPS) is 26.2. The van der Waals surface area contributed by atoms with E-state index in [2.05, 4.69) is 45.1 Å². The van der Waals surface area contributed by atoms with E-state index in [9.17, 15) is 63.3 Å². The Kier molecular flexibility index (Phi) is 24.1. The smallest absolute Gasteiger partial charge is 0.408 e. The molecule has 6 saturated carbocycles. The number of pyridine rings is 2. The van der Waals surface area contributed by atoms with Crippen molar-refractivity contribution in [1.29, 1.82) is 0 Å². The van der Waals surface area contributed by atoms with E-state index in [1.165, 1.54) is 51.7 Å². The summed E-state index contributed by atoms with van der Waals surface area (Å²) in [6, 6.07) is 9.20. The number of hydrogen-bond acceptors (Lipinski definition) is 25. The van der Waals surface area contributed by atoms with Crippen LogP contribution in [0, 0.1) is 46.3 Å². The van der Waals surface area contributed by atoms with Crippen LogP contribution in [0.5, 0.6) is 23.0 Å². The molecule has 4 aromatic heterocycles. The molecular formula is C83H102N12O20S2. The number of likely N-dealkylation sites (tertiary alicyclic amines) is 2. The molecule has 6 amide bonds. The van der Waals surface area contributed by atoms with Gasteiger partial charge < -0.3 is 90.2 Å². The van der Waals surface area contributed by atoms with Gasteiger partial charge in [0.05, 0.1) is 42.6 Å². The van der Waals surface area contributed by atoms with Crippen LogP contribution < -0.4 is 50.8 Å². The van der Waals surface area contributed by atoms with Crippen molar-refractivity contribution in [2.75, 3.05) is 44.0 Å². The second kappa shape index (κ2) is 33.6. The molecule has 6 aliphatic carbocycles. The number of esters is 1. The molecule has 14 rings (SSSR count). The Morgan fingerprint density at radius 1 is 0.538 bits per heavy atom. The van der Waals surface area contributed by atoms with Gasteiger partial charge in [-0.05, 0) is 138 Å². The van der Waals surface area contributed by atoms with Crippen LogP contribution in [0.3, 0.4) is 0 Å². The van der Waals surface area contributed by atoms with E-state index in [1.807, 2.05) is 59.2 Å². The fourth-order valence-electron chi connectivity index (χ4n) is 16.2. The maximum atomic E-state index is 14.7. The van der Waals surface area contributed by atoms with Crippen molar-refractivity contribution >= 4 is 114 Å². The monoisotopic (exact) mass is 1650 g/mol. The number of amides is 6. The Morgan fingerprint density at radius 2 is 0.932 bits per heavy atom. The fourth-order valence-corrected chi connectivity index (χ4v) is 17.9. The van der Waals surface area contributed by atoms with Gasteiger partial charge in [-0.15, -0.1) is 35.8 Å². The van der Waals surface area contributed by atoms with Crippen LogP contribution in [0.2, 0.25) is 0 Å². The Hall–Kier alpha value is -10.9. The molecule has 32 nitrogen and oxygen atoms in total. The number of rotatable bonds is 30. The third-order valence-electron chi connectivity index (χ3n) is 22.8. The molecule has 626 valence electrons. The molecule has 9 N–H and O–H groups in total. The van der Waals surface area contributed by atoms with E-state index in [1.54, 1.807) is 69.3 Å². The second-order valence-electron chi connectivity index (χ2n) is 34.6. The largest absolute Gasteiger partial charge is 0.488 e. The first kappa shape index (κ1) is 84.0. The van der Waals surface area contributed by atoms with Crippen molar-refractivity contribution in [3.8, 4) is 45.8 Å². The third kappa shape index (κ3) is 19.2. The minimum Gasteiger partial charge on any atom is -0.488 e. The van der Waals surface area contributed by atoms with Crippen molar-refractivity contribution < 1.29 is 96.4 Å². The van der Waals surface area contributed by atoms with Gasteiger partial charge >= 0.3 is 36.1 Å². The number of aliphatic carboxylic acids is 3. The highest BCUT2D eigenvalue weighted by Gasteiger charge is 2.63. The van der Waals surface area contributed by atoms with Crippen LogP contribution in [0.1, 0.15) is 133 Å². The van der Waals surface area contributed by atoms with Crippen LogP contribution in [-0.4, -0.2) is 210 Å². The molecule has 2 aromatic carbocycles. The average Bonchev–Trinajstić information content (AvgIpc) is 1.59. The summed E-state index contributed by atoms with van der Waals surface area (Å²) < 4.78 is 40.7. The van der Waals surface area contributed by atoms with Gasteiger partial charge in [-0.25, -0.2) is 48.7 Å². The number of benzene rings is 2. The predicted octanol–water partition coefficient (Wildman–Crippen LogP) is 10.2. The quantitative estimate of drug-likeness (QED) is 0.0115. The number of nitrogens with one attached hydrogen (secondary N) is 6. The molecule has 0 radical (unpaired) electrons. The Bertz CT molecular complexity index is 4860. The number of hydrogen-bond donors (Lipinski definition) is 9. The summed E-state index contributed by atoms with van der Waals surface area (Å²) in [6.45, 7) is 25.3. The van der Waals surface area contributed by atoms with Gasteiger partial charge in [-0.1, -0.05) is 53.7 Å². The minimum atomic E-state index is -1.55. The van der Waals surface area contributed by atoms with E-state index in [0.717, 1.165) is 38.5 Å². The zero-order valence-electron chi connectivity index (χ0n) is 67.3. The lowest BCUT2D eigenvalue weighted by atomic mass is 9.85. The molecule has 6 unspecified atom stereocenters. The lowest BCUT2D eigenvalue weighted by molar-refractivity contribution is -0.146. The number of fused-ring (bicyclic) bond motifs is 4. The lowest BCUT2D eigenvalue weighted by Gasteiger charge is -2.35. The number of nitrogens with zero attached hydrogens (tertiary/aromatic N) is 6. The van der Waals surface area contributed by atoms with Crippen LogP contribution in [0.15, 0.2) is 84.6 Å². The zero-order chi connectivity index (χ0) is 84.1. The minimum absolute atomic E-state index is 0.00367. The summed E-state index contributed by atoms with van der Waals surface area (Å²) in [6.07, 6.45) is 5.50. The van der Waals surface area contributed by atoms with Gasteiger partial charge in [0.25, 0.3) is 0 Å². The van der Waals surface area contributed by atoms with E-state index in [0.29, 0.717) is 95.8 Å². The SMILES string of the molecule is C=CC1C[C@]1(NC(=O)[C@@H]1CC(Oc2cc(-c3csc(NC(C)C)n3)nc3cc(OCC(=O)O)ccc23)CN1C(=O)[C@@H](NC(=O)OC1C[C@@H]2C[C@@H]2C1)C(C)(C)C)C(=O)O.C=CC1C[C@]1(NC(=O)[C@@H]1CC(Oc2cc(-c3csc(NC(C)C)n3)nc3cc(OCC(=O)OC)ccc23)CN1C(=O)[C@@H](NC(=O)OC1C[C@@H]2C[C@@H]2C1)C(C)(C)C)C(=O)O. The average molecular weight is 1650 g/mol. The summed E-state index contributed by atoms with van der Waals surface area (Å²) in [5.41, 5.74) is -1.75. The van der Waals surface area contributed by atoms with Crippen LogP contribution >= 0.6 is 22.7 Å². The molecule has 6 aromatic rings. The molecule has 34 heteroatoms. The number of alkyl carbamates (subject to hydrolysis) is 2. The predicted molar refractivity (Wildman–Crippen MR) is 432 cm³/mol. The summed E-state index contributed by atoms with van der Waals surface area (Å²) in [7, 11) is 1.27. The molecule has 8 aliphatic rings. The van der Waals surface area contributed by atoms with Crippen LogP contribution in [-0.2, 0) is 52.6 Å². The van der Waals surface area contributed by atoms with Crippen LogP contribution in [0.4, 0.5) is 19.9 Å². The summed E-state index contributed by atoms with van der Waals surface area (Å²) in [5, 5.41) is 53.3. The van der Waals surface area contributed by atoms with Gasteiger partial charge in [0, 0.05) is 82.6 Å². The van der Waals surface area contributed by atoms with Gasteiger partial charge in [-0.3, -0.25) is 19.2 Å². The topological polar surface area (TPSA) is 426 Å². The van der Waals surface area contributed by atoms with Crippen molar-refractivity contribution in [2.45, 2.75) is 205 Å². The Labute approximate surface area is 684 Å². The number of aromatic nitrogens is 4. The van der Waals surface area contributed by atoms with E-state index < -0.39 is 136 Å². The Balaban J connectivity index is 0.000000203. The van der Waals surface area contributed by atoms with Crippen molar-refractivity contribution in [1.82, 2.24) is 51.0 Å². The maximum Gasteiger partial charge on any atom is 0.408 e. The van der Waals surface area contributed by atoms with E-state index >= 15 is 0 Å². The van der Waals surface area contributed by atoms with Crippen molar-refractivity contribution in [3.63, 3.8) is 0 Å². The number of ether oxygens (including phenoxy) is 7. The molecule has 6 heterocycles. The number of carbonyl (C=O) groups is 10. The molecule has 2 saturated heterocycles. The van der Waals surface area contributed by atoms with Crippen molar-refractivity contribution in [3.05, 3.63) is 84.6 Å². The first-order valence-corrected chi connectivity index (χ1v) is 41.3. The standard InChI is InChI=1S/C42H52N6O10S.C41H50N6O10S/c1-8-24-17-42(24,38(52)53)47-36(50)32-15-27(18-48(32)37(51)35(41(4,5)6)46-40(54)58-26-12-22-11-23(22)13-26)57-33-16-30(31-20-59-39(45-31)43-21(2)3)44-29-14-25(9-10-28(29)33)56-19-34(49)55-7;1-7-23-16-41(23,37(52)53)46-35(50)31-14-26(17-47(31)36(51)34(40(4,5)6)45-39(54)57-25-11-21-10-22(21)12-25)56-32-15-29(30-19-58-38(44-30)42-20(2)3)43-28-13-24(8-9-27(28)32)55-18-33(48)49/h8-10,14,16,20-24,26-27,32,35H,1,11-13,15,17-19H2,2-7H3,(H,43,45)(H,46,54)(H,47,50)(H,52,53);7-9,13,15,19-23,25-26,31,34H,1,10-12,14,16-18H2,2-6H3,(H,42,44)(H,45,54)(H,46,50)(H,48,49)(H,52,53)/t22-,23+,24?,26?,27?,32-,35+,42+;21-,22+,23?,25?,26?,31-,34+,41+/m00/s1. The number of carbonyl (C=O) groups excluding carboxylic acids is 7. The first-order valence-electron chi connectivity index (χ1n) is 39.5. The highest BCUT2D eigenvalue weighted by Crippen LogP contribution is 2.54. The highest BCUT2D eigenvalue weighted by molar-refractivity contribution is 7.14. The molecular weight excluding hydrogens is 1550 g/mol. The molecule has 2 aliphatic heterocycles. The third-order valence-corrected chi connectivity index (χ3v) is 24.4. The number of carboxylic acid groups (broad SMARTS) is 3. The van der Waals surface area contributed by atoms with E-state index in [4.69, 9.17) is 53.1 Å². The molecule has 16 atom stereocenters. The lowest BCUT2D eigenvalue weighted by Crippen LogP contribution is -2.59. The highest BCUT2D eigenvalue weighted by atomic mass is 32.1. The van der Waals surface area contributed by atoms with Gasteiger partial charge in [0.2, 0.25) is 23.6 Å². The van der Waals surface area contributed by atoms with Crippen LogP contribution in [0.25, 0.3) is 44.6 Å². The second-order valence-corrected chi connectivity index (χ2v) is 36.3. The number of anilines is 2. The summed E-state index contributed by atoms with van der Waals surface area (Å²) in [4.78, 5) is 154. The number of carboxylic acids is 3. The number of methoxy groups -OCH3 is 1. The molecule has 8 fully saturated rings. The van der Waals surface area contributed by atoms with E-state index in [-0.39, 0.29) is 75.4 Å². The molecule has 0 bridgehead atoms. The molecule has 0 spiro atoms. The van der Waals surface area contributed by atoms with Crippen molar-refractivity contribution in [2.24, 2.45) is 46.3 Å². The molecule has 117 heavy (non-hydrogen) atoms. The summed E-state index contributed by atoms with van der Waals surface area (Å²) in [5.74, 6) is -3.73. The summed E-state index contributed by atoms with van der Waals surface area (Å²) >= 11 is 2.82. The van der Waals surface area contributed by atoms with Gasteiger partial charge in [-0.2, -0.15) is 0 Å².